The number of ether oxygens (including phenoxy) is 1. The topological polar surface area (TPSA) is 35.2 Å². The summed E-state index contributed by atoms with van der Waals surface area (Å²) in [5, 5.41) is 0.374. The molecule has 0 unspecified atom stereocenters. The predicted molar refractivity (Wildman–Crippen MR) is 58.8 cm³/mol. The Morgan fingerprint density at radius 2 is 2.20 bits per heavy atom. The van der Waals surface area contributed by atoms with Crippen LogP contribution < -0.4 is 10.5 Å². The molecule has 0 spiro atoms. The van der Waals surface area contributed by atoms with Gasteiger partial charge in [-0.3, -0.25) is 0 Å². The Balaban J connectivity index is 2.92. The van der Waals surface area contributed by atoms with E-state index in [0.29, 0.717) is 10.6 Å². The lowest BCUT2D eigenvalue weighted by atomic mass is 10.2. The molecule has 2 nitrogen and oxygen atoms in total. The molecule has 1 aromatic rings. The third-order valence-corrected chi connectivity index (χ3v) is 2.03. The molecule has 0 amide bonds. The van der Waals surface area contributed by atoms with Gasteiger partial charge in [0.15, 0.2) is 0 Å². The molecule has 0 aromatic heterocycles. The average Bonchev–Trinajstić information content (AvgIpc) is 2.14. The Kier molecular flexibility index (Phi) is 4.23. The Morgan fingerprint density at radius 1 is 1.53 bits per heavy atom. The SMILES string of the molecule is NC(=S)c1ccc(Cl)cc1OCC(F)F. The van der Waals surface area contributed by atoms with E-state index in [1.807, 2.05) is 0 Å². The lowest BCUT2D eigenvalue weighted by Gasteiger charge is -2.10. The van der Waals surface area contributed by atoms with Crippen molar-refractivity contribution in [3.05, 3.63) is 28.8 Å². The van der Waals surface area contributed by atoms with Crippen molar-refractivity contribution < 1.29 is 13.5 Å². The van der Waals surface area contributed by atoms with E-state index in [1.54, 1.807) is 6.07 Å². The Morgan fingerprint density at radius 3 is 2.73 bits per heavy atom. The van der Waals surface area contributed by atoms with Gasteiger partial charge in [-0.05, 0) is 18.2 Å². The van der Waals surface area contributed by atoms with Gasteiger partial charge in [0.05, 0.1) is 5.56 Å². The number of rotatable bonds is 4. The summed E-state index contributed by atoms with van der Waals surface area (Å²) in [5.74, 6) is 0.176. The van der Waals surface area contributed by atoms with Gasteiger partial charge >= 0.3 is 0 Å². The summed E-state index contributed by atoms with van der Waals surface area (Å²) in [5.41, 5.74) is 5.79. The molecule has 0 saturated heterocycles. The molecule has 0 atom stereocenters. The van der Waals surface area contributed by atoms with Crippen LogP contribution in [0.4, 0.5) is 8.78 Å². The van der Waals surface area contributed by atoms with Gasteiger partial charge in [-0.15, -0.1) is 0 Å². The van der Waals surface area contributed by atoms with Crippen LogP contribution in [0.1, 0.15) is 5.56 Å². The molecule has 0 bridgehead atoms. The van der Waals surface area contributed by atoms with Crippen LogP contribution in [0.5, 0.6) is 5.75 Å². The molecule has 15 heavy (non-hydrogen) atoms. The van der Waals surface area contributed by atoms with Crippen LogP contribution in [0.25, 0.3) is 0 Å². The van der Waals surface area contributed by atoms with E-state index in [1.165, 1.54) is 12.1 Å². The molecule has 0 aliphatic carbocycles. The van der Waals surface area contributed by atoms with Gasteiger partial charge in [-0.25, -0.2) is 8.78 Å². The number of halogens is 3. The zero-order valence-corrected chi connectivity index (χ0v) is 9.12. The molecule has 82 valence electrons. The predicted octanol–water partition coefficient (Wildman–Crippen LogP) is 2.62. The second kappa shape index (κ2) is 5.23. The molecular formula is C9H8ClF2NOS. The van der Waals surface area contributed by atoms with Crippen LogP contribution >= 0.6 is 23.8 Å². The van der Waals surface area contributed by atoms with Crippen molar-refractivity contribution in [2.45, 2.75) is 6.43 Å². The number of thiocarbonyl (C=S) groups is 1. The molecule has 0 aliphatic heterocycles. The highest BCUT2D eigenvalue weighted by atomic mass is 35.5. The van der Waals surface area contributed by atoms with Crippen LogP contribution in [-0.2, 0) is 0 Å². The summed E-state index contributed by atoms with van der Waals surface area (Å²) < 4.78 is 28.7. The highest BCUT2D eigenvalue weighted by molar-refractivity contribution is 7.80. The smallest absolute Gasteiger partial charge is 0.272 e. The quantitative estimate of drug-likeness (QED) is 0.836. The molecule has 1 aromatic carbocycles. The van der Waals surface area contributed by atoms with Gasteiger partial charge in [0, 0.05) is 5.02 Å². The monoisotopic (exact) mass is 251 g/mol. The van der Waals surface area contributed by atoms with E-state index < -0.39 is 13.0 Å². The van der Waals surface area contributed by atoms with Crippen LogP contribution in [-0.4, -0.2) is 18.0 Å². The second-order valence-corrected chi connectivity index (χ2v) is 3.58. The number of nitrogens with two attached hydrogens (primary N) is 1. The molecule has 0 aliphatic rings. The number of benzene rings is 1. The van der Waals surface area contributed by atoms with E-state index in [2.05, 4.69) is 0 Å². The fourth-order valence-electron chi connectivity index (χ4n) is 0.972. The number of alkyl halides is 2. The molecule has 6 heteroatoms. The highest BCUT2D eigenvalue weighted by Gasteiger charge is 2.10. The highest BCUT2D eigenvalue weighted by Crippen LogP contribution is 2.23. The van der Waals surface area contributed by atoms with Gasteiger partial charge in [0.1, 0.15) is 17.3 Å². The molecule has 0 saturated carbocycles. The minimum absolute atomic E-state index is 0.0796. The lowest BCUT2D eigenvalue weighted by Crippen LogP contribution is -2.14. The maximum atomic E-state index is 11.9. The van der Waals surface area contributed by atoms with E-state index in [-0.39, 0.29) is 10.7 Å². The summed E-state index contributed by atoms with van der Waals surface area (Å²) in [7, 11) is 0. The first-order valence-corrected chi connectivity index (χ1v) is 4.79. The standard InChI is InChI=1S/C9H8ClF2NOS/c10-5-1-2-6(9(13)15)7(3-5)14-4-8(11)12/h1-3,8H,4H2,(H2,13,15). The lowest BCUT2D eigenvalue weighted by molar-refractivity contribution is 0.0818. The van der Waals surface area contributed by atoms with Gasteiger partial charge in [-0.1, -0.05) is 23.8 Å². The molecule has 0 fully saturated rings. The average molecular weight is 252 g/mol. The summed E-state index contributed by atoms with van der Waals surface area (Å²) in [6.07, 6.45) is -2.55. The summed E-state index contributed by atoms with van der Waals surface area (Å²) >= 11 is 10.4. The minimum Gasteiger partial charge on any atom is -0.487 e. The van der Waals surface area contributed by atoms with Gasteiger partial charge in [0.25, 0.3) is 6.43 Å². The van der Waals surface area contributed by atoms with Gasteiger partial charge in [-0.2, -0.15) is 0 Å². The summed E-state index contributed by atoms with van der Waals surface area (Å²) in [4.78, 5) is 0.0796. The fraction of sp³-hybridized carbons (Fsp3) is 0.222. The fourth-order valence-corrected chi connectivity index (χ4v) is 1.30. The van der Waals surface area contributed by atoms with E-state index >= 15 is 0 Å². The number of hydrogen-bond acceptors (Lipinski definition) is 2. The van der Waals surface area contributed by atoms with Crippen molar-refractivity contribution in [3.63, 3.8) is 0 Å². The minimum atomic E-state index is -2.55. The third kappa shape index (κ3) is 3.60. The van der Waals surface area contributed by atoms with E-state index in [4.69, 9.17) is 34.3 Å². The molecule has 1 rings (SSSR count). The Hall–Kier alpha value is -0.940. The summed E-state index contributed by atoms with van der Waals surface area (Å²) in [6, 6.07) is 4.50. The maximum Gasteiger partial charge on any atom is 0.272 e. The van der Waals surface area contributed by atoms with Crippen molar-refractivity contribution in [2.24, 2.45) is 5.73 Å². The van der Waals surface area contributed by atoms with E-state index in [9.17, 15) is 8.78 Å². The molecule has 2 N–H and O–H groups in total. The van der Waals surface area contributed by atoms with Crippen LogP contribution in [0.3, 0.4) is 0 Å². The van der Waals surface area contributed by atoms with Crippen molar-refractivity contribution in [1.82, 2.24) is 0 Å². The first-order valence-electron chi connectivity index (χ1n) is 4.01. The van der Waals surface area contributed by atoms with E-state index in [0.717, 1.165) is 0 Å². The molecular weight excluding hydrogens is 244 g/mol. The summed E-state index contributed by atoms with van der Waals surface area (Å²) in [6.45, 7) is -0.712. The first-order chi connectivity index (χ1) is 7.00. The van der Waals surface area contributed by atoms with Crippen molar-refractivity contribution in [2.75, 3.05) is 6.61 Å². The van der Waals surface area contributed by atoms with Crippen LogP contribution in [0, 0.1) is 0 Å². The van der Waals surface area contributed by atoms with Crippen molar-refractivity contribution in [1.29, 1.82) is 0 Å². The maximum absolute atomic E-state index is 11.9. The van der Waals surface area contributed by atoms with Gasteiger partial charge < -0.3 is 10.5 Å². The number of hydrogen-bond donors (Lipinski definition) is 1. The van der Waals surface area contributed by atoms with Crippen LogP contribution in [0.15, 0.2) is 18.2 Å². The third-order valence-electron chi connectivity index (χ3n) is 1.57. The van der Waals surface area contributed by atoms with Gasteiger partial charge in [0.2, 0.25) is 0 Å². The zero-order chi connectivity index (χ0) is 11.4. The van der Waals surface area contributed by atoms with Crippen molar-refractivity contribution >= 4 is 28.8 Å². The second-order valence-electron chi connectivity index (χ2n) is 2.71. The Bertz CT molecular complexity index is 373. The normalized spacial score (nSPS) is 10.4. The molecule has 0 radical (unpaired) electrons. The largest absolute Gasteiger partial charge is 0.487 e. The first kappa shape index (κ1) is 12.1. The Labute approximate surface area is 96.0 Å². The zero-order valence-electron chi connectivity index (χ0n) is 7.54. The van der Waals surface area contributed by atoms with Crippen molar-refractivity contribution in [3.8, 4) is 5.75 Å². The molecule has 0 heterocycles. The van der Waals surface area contributed by atoms with Crippen LogP contribution in [0.2, 0.25) is 5.02 Å².